The molecular formula is C10H6FNO2S. The molecule has 1 heterocycles. The first-order valence-electron chi connectivity index (χ1n) is 4.15. The summed E-state index contributed by atoms with van der Waals surface area (Å²) in [5, 5.41) is 1.72. The Kier molecular flexibility index (Phi) is 2.55. The molecule has 0 aromatic heterocycles. The molecule has 3 nitrogen and oxygen atoms in total. The Hall–Kier alpha value is -1.62. The second-order valence-electron chi connectivity index (χ2n) is 2.91. The van der Waals surface area contributed by atoms with E-state index in [0.717, 1.165) is 11.8 Å². The molecule has 5 heteroatoms. The van der Waals surface area contributed by atoms with E-state index in [1.54, 1.807) is 12.1 Å². The average Bonchev–Trinajstić information content (AvgIpc) is 2.45. The minimum Gasteiger partial charge on any atom is -0.282 e. The molecule has 2 rings (SSSR count). The van der Waals surface area contributed by atoms with E-state index < -0.39 is 11.1 Å². The third-order valence-electron chi connectivity index (χ3n) is 1.79. The van der Waals surface area contributed by atoms with E-state index >= 15 is 0 Å². The van der Waals surface area contributed by atoms with E-state index in [1.165, 1.54) is 18.2 Å². The highest BCUT2D eigenvalue weighted by molar-refractivity contribution is 8.18. The van der Waals surface area contributed by atoms with Gasteiger partial charge in [-0.05, 0) is 35.5 Å². The van der Waals surface area contributed by atoms with Crippen LogP contribution in [0.4, 0.5) is 9.18 Å². The molecule has 1 fully saturated rings. The van der Waals surface area contributed by atoms with Gasteiger partial charge in [-0.25, -0.2) is 4.39 Å². The maximum Gasteiger partial charge on any atom is 0.290 e. The molecule has 0 unspecified atom stereocenters. The van der Waals surface area contributed by atoms with Crippen LogP contribution in [0.5, 0.6) is 0 Å². The minimum absolute atomic E-state index is 0.283. The molecule has 15 heavy (non-hydrogen) atoms. The van der Waals surface area contributed by atoms with Gasteiger partial charge in [-0.3, -0.25) is 14.9 Å². The van der Waals surface area contributed by atoms with Crippen molar-refractivity contribution < 1.29 is 14.0 Å². The van der Waals surface area contributed by atoms with Crippen LogP contribution in [0.25, 0.3) is 6.08 Å². The Labute approximate surface area is 89.4 Å². The van der Waals surface area contributed by atoms with E-state index in [-0.39, 0.29) is 10.7 Å². The van der Waals surface area contributed by atoms with Gasteiger partial charge in [0.2, 0.25) is 0 Å². The number of rotatable bonds is 1. The summed E-state index contributed by atoms with van der Waals surface area (Å²) in [7, 11) is 0. The first kappa shape index (κ1) is 9.92. The van der Waals surface area contributed by atoms with Gasteiger partial charge in [-0.1, -0.05) is 12.1 Å². The van der Waals surface area contributed by atoms with E-state index in [0.29, 0.717) is 5.56 Å². The van der Waals surface area contributed by atoms with Crippen LogP contribution in [0.3, 0.4) is 0 Å². The third-order valence-corrected chi connectivity index (χ3v) is 2.60. The van der Waals surface area contributed by atoms with Crippen molar-refractivity contribution in [3.05, 3.63) is 40.6 Å². The van der Waals surface area contributed by atoms with Crippen LogP contribution in [0.1, 0.15) is 5.56 Å². The van der Waals surface area contributed by atoms with Crippen molar-refractivity contribution >= 4 is 29.0 Å². The van der Waals surface area contributed by atoms with Crippen LogP contribution in [0.15, 0.2) is 29.2 Å². The molecule has 1 aromatic rings. The zero-order valence-electron chi connectivity index (χ0n) is 7.49. The molecule has 1 aliphatic rings. The number of hydrogen-bond acceptors (Lipinski definition) is 3. The van der Waals surface area contributed by atoms with Gasteiger partial charge in [0.1, 0.15) is 5.82 Å². The fourth-order valence-electron chi connectivity index (χ4n) is 1.17. The van der Waals surface area contributed by atoms with Crippen molar-refractivity contribution in [1.82, 2.24) is 5.32 Å². The largest absolute Gasteiger partial charge is 0.290 e. The number of amides is 2. The lowest BCUT2D eigenvalue weighted by molar-refractivity contribution is -0.115. The number of benzene rings is 1. The van der Waals surface area contributed by atoms with Crippen molar-refractivity contribution in [2.75, 3.05) is 0 Å². The summed E-state index contributed by atoms with van der Waals surface area (Å²) in [4.78, 5) is 22.3. The van der Waals surface area contributed by atoms with Crippen LogP contribution in [-0.4, -0.2) is 11.1 Å². The number of hydrogen-bond donors (Lipinski definition) is 1. The predicted molar refractivity (Wildman–Crippen MR) is 55.5 cm³/mol. The predicted octanol–water partition coefficient (Wildman–Crippen LogP) is 2.15. The molecule has 1 aromatic carbocycles. The summed E-state index contributed by atoms with van der Waals surface area (Å²) in [6, 6.07) is 5.81. The summed E-state index contributed by atoms with van der Waals surface area (Å²) in [6.07, 6.45) is 1.48. The molecule has 0 radical (unpaired) electrons. The highest BCUT2D eigenvalue weighted by Crippen LogP contribution is 2.25. The van der Waals surface area contributed by atoms with E-state index in [4.69, 9.17) is 0 Å². The Morgan fingerprint density at radius 3 is 2.73 bits per heavy atom. The van der Waals surface area contributed by atoms with Gasteiger partial charge >= 0.3 is 0 Å². The van der Waals surface area contributed by atoms with E-state index in [2.05, 4.69) is 5.32 Å². The van der Waals surface area contributed by atoms with Gasteiger partial charge < -0.3 is 0 Å². The number of imide groups is 1. The highest BCUT2D eigenvalue weighted by Gasteiger charge is 2.24. The molecule has 1 N–H and O–H groups in total. The average molecular weight is 223 g/mol. The summed E-state index contributed by atoms with van der Waals surface area (Å²) >= 11 is 0.813. The summed E-state index contributed by atoms with van der Waals surface area (Å²) in [5.74, 6) is -0.812. The number of thioether (sulfide) groups is 1. The maximum absolute atomic E-state index is 12.8. The zero-order chi connectivity index (χ0) is 10.8. The Bertz CT molecular complexity index is 470. The normalized spacial score (nSPS) is 18.3. The topological polar surface area (TPSA) is 46.2 Å². The second kappa shape index (κ2) is 3.86. The Morgan fingerprint density at radius 2 is 2.13 bits per heavy atom. The number of carbonyl (C=O) groups is 2. The molecule has 0 atom stereocenters. The highest BCUT2D eigenvalue weighted by atomic mass is 32.2. The Morgan fingerprint density at radius 1 is 1.33 bits per heavy atom. The van der Waals surface area contributed by atoms with Crippen LogP contribution < -0.4 is 5.32 Å². The van der Waals surface area contributed by atoms with Gasteiger partial charge in [0.05, 0.1) is 4.91 Å². The number of carbonyl (C=O) groups excluding carboxylic acids is 2. The van der Waals surface area contributed by atoms with Crippen molar-refractivity contribution in [3.63, 3.8) is 0 Å². The van der Waals surface area contributed by atoms with Gasteiger partial charge in [0.15, 0.2) is 0 Å². The Balaban J connectivity index is 2.31. The summed E-state index contributed by atoms with van der Waals surface area (Å²) in [6.45, 7) is 0. The first-order valence-corrected chi connectivity index (χ1v) is 4.97. The van der Waals surface area contributed by atoms with Crippen LogP contribution in [0.2, 0.25) is 0 Å². The smallest absolute Gasteiger partial charge is 0.282 e. The number of halogens is 1. The van der Waals surface area contributed by atoms with Gasteiger partial charge in [0, 0.05) is 0 Å². The number of nitrogens with one attached hydrogen (secondary N) is 1. The maximum atomic E-state index is 12.8. The van der Waals surface area contributed by atoms with Gasteiger partial charge in [0.25, 0.3) is 11.1 Å². The van der Waals surface area contributed by atoms with Crippen molar-refractivity contribution in [1.29, 1.82) is 0 Å². The van der Waals surface area contributed by atoms with Crippen molar-refractivity contribution in [3.8, 4) is 0 Å². The van der Waals surface area contributed by atoms with E-state index in [9.17, 15) is 14.0 Å². The standard InChI is InChI=1S/C10H6FNO2S/c11-7-3-1-2-6(4-7)5-8-9(13)12-10(14)15-8/h1-5H,(H,12,13,14)/b8-5+. The zero-order valence-corrected chi connectivity index (χ0v) is 8.31. The molecule has 1 aliphatic heterocycles. The SMILES string of the molecule is O=C1NC(=O)/C(=C\c2cccc(F)c2)S1. The molecule has 0 aliphatic carbocycles. The lowest BCUT2D eigenvalue weighted by atomic mass is 10.2. The van der Waals surface area contributed by atoms with Crippen LogP contribution >= 0.6 is 11.8 Å². The molecule has 0 bridgehead atoms. The van der Waals surface area contributed by atoms with Crippen LogP contribution in [0, 0.1) is 5.82 Å². The van der Waals surface area contributed by atoms with Crippen molar-refractivity contribution in [2.24, 2.45) is 0 Å². The fourth-order valence-corrected chi connectivity index (χ4v) is 1.85. The molecule has 2 amide bonds. The minimum atomic E-state index is -0.436. The van der Waals surface area contributed by atoms with E-state index in [1.807, 2.05) is 0 Å². The first-order chi connectivity index (χ1) is 7.15. The lowest BCUT2D eigenvalue weighted by Gasteiger charge is -1.94. The third kappa shape index (κ3) is 2.24. The quantitative estimate of drug-likeness (QED) is 0.742. The lowest BCUT2D eigenvalue weighted by Crippen LogP contribution is -2.17. The second-order valence-corrected chi connectivity index (χ2v) is 3.92. The summed E-state index contributed by atoms with van der Waals surface area (Å²) < 4.78 is 12.8. The summed E-state index contributed by atoms with van der Waals surface area (Å²) in [5.41, 5.74) is 0.558. The van der Waals surface area contributed by atoms with Gasteiger partial charge in [-0.2, -0.15) is 0 Å². The monoisotopic (exact) mass is 223 g/mol. The van der Waals surface area contributed by atoms with Crippen LogP contribution in [-0.2, 0) is 4.79 Å². The fraction of sp³-hybridized carbons (Fsp3) is 0. The molecule has 1 saturated heterocycles. The molecular weight excluding hydrogens is 217 g/mol. The molecule has 76 valence electrons. The van der Waals surface area contributed by atoms with Gasteiger partial charge in [-0.15, -0.1) is 0 Å². The van der Waals surface area contributed by atoms with Crippen molar-refractivity contribution in [2.45, 2.75) is 0 Å². The molecule has 0 saturated carbocycles. The molecule has 0 spiro atoms.